The molecule has 1 aromatic heterocycles. The summed E-state index contributed by atoms with van der Waals surface area (Å²) < 4.78 is 11.2. The predicted molar refractivity (Wildman–Crippen MR) is 92.0 cm³/mol. The number of hydrogen-bond donors (Lipinski definition) is 0. The number of nitrogens with zero attached hydrogens (tertiary/aromatic N) is 2. The first-order valence-electron chi connectivity index (χ1n) is 8.79. The molecule has 0 bridgehead atoms. The Kier molecular flexibility index (Phi) is 4.29. The van der Waals surface area contributed by atoms with Gasteiger partial charge < -0.3 is 14.1 Å². The summed E-state index contributed by atoms with van der Waals surface area (Å²) in [6, 6.07) is 8.44. The predicted octanol–water partition coefficient (Wildman–Crippen LogP) is 2.22. The summed E-state index contributed by atoms with van der Waals surface area (Å²) >= 11 is 0. The van der Waals surface area contributed by atoms with Crippen LogP contribution >= 0.6 is 0 Å². The second kappa shape index (κ2) is 6.57. The quantitative estimate of drug-likeness (QED) is 0.867. The van der Waals surface area contributed by atoms with Crippen molar-refractivity contribution in [3.05, 3.63) is 35.6 Å². The topological polar surface area (TPSA) is 45.9 Å². The normalized spacial score (nSPS) is 22.4. The minimum Gasteiger partial charge on any atom is -0.461 e. The first-order chi connectivity index (χ1) is 11.7. The molecule has 0 saturated carbocycles. The fraction of sp³-hybridized carbons (Fsp3) is 0.526. The van der Waals surface area contributed by atoms with Gasteiger partial charge in [-0.15, -0.1) is 0 Å². The molecule has 0 spiro atoms. The Morgan fingerprint density at radius 1 is 1.21 bits per heavy atom. The van der Waals surface area contributed by atoms with E-state index in [0.717, 1.165) is 68.1 Å². The van der Waals surface area contributed by atoms with Crippen molar-refractivity contribution in [1.29, 1.82) is 0 Å². The van der Waals surface area contributed by atoms with Crippen LogP contribution in [0.2, 0.25) is 0 Å². The molecule has 2 aliphatic heterocycles. The smallest absolute Gasteiger partial charge is 0.227 e. The number of carbonyl (C=O) groups excluding carboxylic acids is 1. The van der Waals surface area contributed by atoms with Gasteiger partial charge in [0.2, 0.25) is 5.91 Å². The Morgan fingerprint density at radius 3 is 2.83 bits per heavy atom. The Morgan fingerprint density at radius 2 is 2.00 bits per heavy atom. The molecule has 1 amide bonds. The molecule has 2 aromatic rings. The number of fused-ring (bicyclic) bond motifs is 1. The zero-order chi connectivity index (χ0) is 16.5. The largest absolute Gasteiger partial charge is 0.461 e. The maximum atomic E-state index is 12.8. The van der Waals surface area contributed by atoms with E-state index < -0.39 is 0 Å². The van der Waals surface area contributed by atoms with Crippen molar-refractivity contribution >= 4 is 16.9 Å². The monoisotopic (exact) mass is 328 g/mol. The molecule has 24 heavy (non-hydrogen) atoms. The molecule has 1 atom stereocenters. The van der Waals surface area contributed by atoms with Gasteiger partial charge >= 0.3 is 0 Å². The number of amides is 1. The van der Waals surface area contributed by atoms with Gasteiger partial charge in [-0.2, -0.15) is 0 Å². The highest BCUT2D eigenvalue weighted by atomic mass is 16.5. The van der Waals surface area contributed by atoms with Gasteiger partial charge in [-0.3, -0.25) is 9.69 Å². The van der Waals surface area contributed by atoms with Crippen LogP contribution in [0.4, 0.5) is 0 Å². The van der Waals surface area contributed by atoms with Crippen LogP contribution in [0.3, 0.4) is 0 Å². The van der Waals surface area contributed by atoms with Crippen molar-refractivity contribution in [2.24, 2.45) is 0 Å². The highest BCUT2D eigenvalue weighted by Crippen LogP contribution is 2.27. The van der Waals surface area contributed by atoms with E-state index in [1.54, 1.807) is 0 Å². The van der Waals surface area contributed by atoms with Crippen LogP contribution < -0.4 is 0 Å². The molecule has 2 fully saturated rings. The van der Waals surface area contributed by atoms with E-state index in [2.05, 4.69) is 4.90 Å². The van der Waals surface area contributed by atoms with Gasteiger partial charge in [0.15, 0.2) is 0 Å². The number of rotatable bonds is 3. The molecule has 0 aliphatic carbocycles. The van der Waals surface area contributed by atoms with Crippen LogP contribution in [0.5, 0.6) is 0 Å². The van der Waals surface area contributed by atoms with Crippen molar-refractivity contribution < 1.29 is 13.9 Å². The Labute approximate surface area is 142 Å². The fourth-order valence-electron chi connectivity index (χ4n) is 3.91. The van der Waals surface area contributed by atoms with Crippen LogP contribution in [0.25, 0.3) is 11.0 Å². The Hall–Kier alpha value is -1.85. The molecular weight excluding hydrogens is 304 g/mol. The molecule has 4 rings (SSSR count). The highest BCUT2D eigenvalue weighted by molar-refractivity contribution is 5.88. The number of ether oxygens (including phenoxy) is 1. The van der Waals surface area contributed by atoms with Gasteiger partial charge in [0.25, 0.3) is 0 Å². The second-order valence-electron chi connectivity index (χ2n) is 6.74. The van der Waals surface area contributed by atoms with Crippen LogP contribution in [0.15, 0.2) is 28.7 Å². The van der Waals surface area contributed by atoms with Gasteiger partial charge in [0, 0.05) is 43.2 Å². The number of morpholine rings is 1. The van der Waals surface area contributed by atoms with E-state index in [0.29, 0.717) is 12.5 Å². The zero-order valence-corrected chi connectivity index (χ0v) is 14.2. The van der Waals surface area contributed by atoms with Gasteiger partial charge in [-0.25, -0.2) is 0 Å². The average molecular weight is 328 g/mol. The van der Waals surface area contributed by atoms with E-state index in [-0.39, 0.29) is 5.91 Å². The average Bonchev–Trinajstić information content (AvgIpc) is 3.21. The van der Waals surface area contributed by atoms with Crippen molar-refractivity contribution in [2.75, 3.05) is 39.4 Å². The van der Waals surface area contributed by atoms with E-state index in [4.69, 9.17) is 9.15 Å². The highest BCUT2D eigenvalue weighted by Gasteiger charge is 2.31. The molecule has 2 aliphatic rings. The van der Waals surface area contributed by atoms with Crippen molar-refractivity contribution in [1.82, 2.24) is 9.80 Å². The lowest BCUT2D eigenvalue weighted by molar-refractivity contribution is -0.129. The third-order valence-corrected chi connectivity index (χ3v) is 5.31. The molecule has 0 N–H and O–H groups in total. The number of likely N-dealkylation sites (tertiary alicyclic amines) is 1. The van der Waals surface area contributed by atoms with E-state index in [9.17, 15) is 4.79 Å². The molecule has 1 aromatic carbocycles. The zero-order valence-electron chi connectivity index (χ0n) is 14.2. The summed E-state index contributed by atoms with van der Waals surface area (Å²) in [5.41, 5.74) is 1.90. The molecule has 2 saturated heterocycles. The third-order valence-electron chi connectivity index (χ3n) is 5.31. The molecule has 128 valence electrons. The summed E-state index contributed by atoms with van der Waals surface area (Å²) in [5, 5.41) is 1.06. The number of hydrogen-bond acceptors (Lipinski definition) is 4. The minimum atomic E-state index is 0.209. The number of benzene rings is 1. The van der Waals surface area contributed by atoms with Gasteiger partial charge in [0.05, 0.1) is 19.6 Å². The summed E-state index contributed by atoms with van der Waals surface area (Å²) in [7, 11) is 0. The van der Waals surface area contributed by atoms with Gasteiger partial charge in [0.1, 0.15) is 11.3 Å². The van der Waals surface area contributed by atoms with Crippen molar-refractivity contribution in [2.45, 2.75) is 25.8 Å². The first-order valence-corrected chi connectivity index (χ1v) is 8.79. The third kappa shape index (κ3) is 2.94. The molecular formula is C19H24N2O3. The van der Waals surface area contributed by atoms with Crippen molar-refractivity contribution in [3.63, 3.8) is 0 Å². The van der Waals surface area contributed by atoms with Gasteiger partial charge in [-0.05, 0) is 19.4 Å². The van der Waals surface area contributed by atoms with Crippen LogP contribution in [-0.2, 0) is 16.0 Å². The summed E-state index contributed by atoms with van der Waals surface area (Å²) in [5.74, 6) is 1.06. The Balaban J connectivity index is 1.44. The van der Waals surface area contributed by atoms with Crippen LogP contribution in [0, 0.1) is 6.92 Å². The molecule has 3 heterocycles. The summed E-state index contributed by atoms with van der Waals surface area (Å²) in [6.45, 7) is 7.23. The molecule has 5 heteroatoms. The number of aryl methyl sites for hydroxylation is 1. The SMILES string of the molecule is Cc1oc2ccccc2c1CC(=O)N1CCC(N2CCOCC2)C1. The lowest BCUT2D eigenvalue weighted by Crippen LogP contribution is -2.45. The molecule has 5 nitrogen and oxygen atoms in total. The van der Waals surface area contributed by atoms with Crippen molar-refractivity contribution in [3.8, 4) is 0 Å². The van der Waals surface area contributed by atoms with E-state index in [1.807, 2.05) is 36.1 Å². The maximum Gasteiger partial charge on any atom is 0.227 e. The number of para-hydroxylation sites is 1. The lowest BCUT2D eigenvalue weighted by atomic mass is 10.1. The Bertz CT molecular complexity index is 733. The molecule has 0 radical (unpaired) electrons. The number of furan rings is 1. The summed E-state index contributed by atoms with van der Waals surface area (Å²) in [6.07, 6.45) is 1.50. The van der Waals surface area contributed by atoms with Gasteiger partial charge in [-0.1, -0.05) is 18.2 Å². The van der Waals surface area contributed by atoms with E-state index >= 15 is 0 Å². The fourth-order valence-corrected chi connectivity index (χ4v) is 3.91. The molecule has 1 unspecified atom stereocenters. The minimum absolute atomic E-state index is 0.209. The first kappa shape index (κ1) is 15.7. The van der Waals surface area contributed by atoms with Crippen LogP contribution in [-0.4, -0.2) is 61.1 Å². The summed E-state index contributed by atoms with van der Waals surface area (Å²) in [4.78, 5) is 17.3. The maximum absolute atomic E-state index is 12.8. The lowest BCUT2D eigenvalue weighted by Gasteiger charge is -2.32. The second-order valence-corrected chi connectivity index (χ2v) is 6.74. The van der Waals surface area contributed by atoms with E-state index in [1.165, 1.54) is 0 Å². The standard InChI is InChI=1S/C19H24N2O3/c1-14-17(16-4-2-3-5-18(16)24-14)12-19(22)21-7-6-15(13-21)20-8-10-23-11-9-20/h2-5,15H,6-13H2,1H3. The number of carbonyl (C=O) groups is 1. The van der Waals surface area contributed by atoms with Crippen LogP contribution in [0.1, 0.15) is 17.7 Å².